The van der Waals surface area contributed by atoms with Crippen molar-refractivity contribution in [2.75, 3.05) is 19.5 Å². The lowest BCUT2D eigenvalue weighted by atomic mass is 10.1. The molecule has 26 heavy (non-hydrogen) atoms. The average molecular weight is 372 g/mol. The number of rotatable bonds is 6. The molecule has 0 spiro atoms. The molecule has 1 heterocycles. The van der Waals surface area contributed by atoms with Gasteiger partial charge >= 0.3 is 0 Å². The topological polar surface area (TPSA) is 65.4 Å². The first kappa shape index (κ1) is 17.8. The first-order valence-corrected chi connectivity index (χ1v) is 8.28. The van der Waals surface area contributed by atoms with Crippen molar-refractivity contribution in [3.63, 3.8) is 0 Å². The maximum atomic E-state index is 12.7. The standard InChI is InChI=1S/C19H18ClN3O3/c1-25-17-11-14(10-15(20)18(17)26-2)19(24)22-16-7-4-3-6-13(16)12-23-9-5-8-21-23/h3-11H,12H2,1-2H3,(H,22,24). The molecule has 0 atom stereocenters. The number of hydrogen-bond donors (Lipinski definition) is 1. The zero-order valence-corrected chi connectivity index (χ0v) is 15.2. The van der Waals surface area contributed by atoms with Gasteiger partial charge in [0.05, 0.1) is 25.8 Å². The molecule has 0 aliphatic carbocycles. The Bertz CT molecular complexity index is 910. The summed E-state index contributed by atoms with van der Waals surface area (Å²) in [6.07, 6.45) is 3.58. The van der Waals surface area contributed by atoms with Crippen LogP contribution in [0.1, 0.15) is 15.9 Å². The molecule has 0 unspecified atom stereocenters. The summed E-state index contributed by atoms with van der Waals surface area (Å²) in [6, 6.07) is 12.6. The molecule has 6 nitrogen and oxygen atoms in total. The van der Waals surface area contributed by atoms with Crippen LogP contribution in [0.5, 0.6) is 11.5 Å². The summed E-state index contributed by atoms with van der Waals surface area (Å²) in [7, 11) is 2.99. The van der Waals surface area contributed by atoms with Crippen LogP contribution in [0.4, 0.5) is 5.69 Å². The van der Waals surface area contributed by atoms with Gasteiger partial charge in [-0.25, -0.2) is 0 Å². The Morgan fingerprint density at radius 2 is 2.00 bits per heavy atom. The highest BCUT2D eigenvalue weighted by molar-refractivity contribution is 6.32. The van der Waals surface area contributed by atoms with E-state index in [4.69, 9.17) is 21.1 Å². The molecule has 7 heteroatoms. The largest absolute Gasteiger partial charge is 0.493 e. The van der Waals surface area contributed by atoms with E-state index in [1.54, 1.807) is 23.0 Å². The molecule has 2 aromatic carbocycles. The minimum absolute atomic E-state index is 0.291. The van der Waals surface area contributed by atoms with Crippen LogP contribution in [-0.4, -0.2) is 29.9 Å². The average Bonchev–Trinajstić information content (AvgIpc) is 3.15. The first-order valence-electron chi connectivity index (χ1n) is 7.90. The van der Waals surface area contributed by atoms with Gasteiger partial charge in [0.1, 0.15) is 0 Å². The van der Waals surface area contributed by atoms with E-state index in [0.29, 0.717) is 34.3 Å². The summed E-state index contributed by atoms with van der Waals surface area (Å²) in [5.74, 6) is 0.501. The third-order valence-electron chi connectivity index (χ3n) is 3.85. The zero-order valence-electron chi connectivity index (χ0n) is 14.4. The fourth-order valence-corrected chi connectivity index (χ4v) is 2.88. The van der Waals surface area contributed by atoms with Crippen molar-refractivity contribution in [1.29, 1.82) is 0 Å². The van der Waals surface area contributed by atoms with Crippen molar-refractivity contribution in [2.45, 2.75) is 6.54 Å². The highest BCUT2D eigenvalue weighted by atomic mass is 35.5. The highest BCUT2D eigenvalue weighted by Crippen LogP contribution is 2.36. The molecule has 0 radical (unpaired) electrons. The van der Waals surface area contributed by atoms with Crippen molar-refractivity contribution < 1.29 is 14.3 Å². The van der Waals surface area contributed by atoms with E-state index in [1.807, 2.05) is 36.5 Å². The number of carbonyl (C=O) groups excluding carboxylic acids is 1. The third-order valence-corrected chi connectivity index (χ3v) is 4.13. The molecular weight excluding hydrogens is 354 g/mol. The van der Waals surface area contributed by atoms with Crippen LogP contribution in [0.3, 0.4) is 0 Å². The number of aromatic nitrogens is 2. The molecule has 0 aliphatic rings. The van der Waals surface area contributed by atoms with E-state index in [0.717, 1.165) is 5.56 Å². The number of anilines is 1. The number of carbonyl (C=O) groups is 1. The van der Waals surface area contributed by atoms with Gasteiger partial charge in [0, 0.05) is 23.6 Å². The number of methoxy groups -OCH3 is 2. The lowest BCUT2D eigenvalue weighted by molar-refractivity contribution is 0.102. The number of benzene rings is 2. The Labute approximate surface area is 156 Å². The van der Waals surface area contributed by atoms with E-state index in [9.17, 15) is 4.79 Å². The predicted molar refractivity (Wildman–Crippen MR) is 100 cm³/mol. The number of ether oxygens (including phenoxy) is 2. The Hall–Kier alpha value is -2.99. The third kappa shape index (κ3) is 3.81. The fraction of sp³-hybridized carbons (Fsp3) is 0.158. The summed E-state index contributed by atoms with van der Waals surface area (Å²) in [5.41, 5.74) is 2.02. The molecule has 0 fully saturated rings. The lowest BCUT2D eigenvalue weighted by Gasteiger charge is -2.14. The van der Waals surface area contributed by atoms with Gasteiger partial charge in [0.2, 0.25) is 0 Å². The van der Waals surface area contributed by atoms with Crippen molar-refractivity contribution in [3.8, 4) is 11.5 Å². The van der Waals surface area contributed by atoms with Crippen molar-refractivity contribution >= 4 is 23.2 Å². The molecule has 134 valence electrons. The van der Waals surface area contributed by atoms with E-state index < -0.39 is 0 Å². The van der Waals surface area contributed by atoms with Crippen LogP contribution in [0, 0.1) is 0 Å². The minimum Gasteiger partial charge on any atom is -0.493 e. The molecule has 3 aromatic rings. The molecule has 0 saturated carbocycles. The van der Waals surface area contributed by atoms with Gasteiger partial charge in [-0.1, -0.05) is 29.8 Å². The van der Waals surface area contributed by atoms with E-state index in [1.165, 1.54) is 14.2 Å². The predicted octanol–water partition coefficient (Wildman–Crippen LogP) is 3.85. The second-order valence-electron chi connectivity index (χ2n) is 5.51. The Morgan fingerprint density at radius 1 is 1.19 bits per heavy atom. The van der Waals surface area contributed by atoms with Gasteiger partial charge in [-0.05, 0) is 29.8 Å². The van der Waals surface area contributed by atoms with E-state index in [-0.39, 0.29) is 5.91 Å². The molecule has 3 rings (SSSR count). The van der Waals surface area contributed by atoms with Crippen LogP contribution >= 0.6 is 11.6 Å². The van der Waals surface area contributed by atoms with E-state index >= 15 is 0 Å². The summed E-state index contributed by atoms with van der Waals surface area (Å²) >= 11 is 6.19. The second-order valence-corrected chi connectivity index (χ2v) is 5.92. The van der Waals surface area contributed by atoms with Gasteiger partial charge in [0.15, 0.2) is 11.5 Å². The maximum absolute atomic E-state index is 12.7. The smallest absolute Gasteiger partial charge is 0.255 e. The summed E-state index contributed by atoms with van der Waals surface area (Å²) in [6.45, 7) is 0.552. The van der Waals surface area contributed by atoms with Gasteiger partial charge in [0.25, 0.3) is 5.91 Å². The normalized spacial score (nSPS) is 10.4. The SMILES string of the molecule is COc1cc(C(=O)Nc2ccccc2Cn2cccn2)cc(Cl)c1OC. The number of nitrogens with one attached hydrogen (secondary N) is 1. The molecule has 1 N–H and O–H groups in total. The number of amides is 1. The Morgan fingerprint density at radius 3 is 2.69 bits per heavy atom. The highest BCUT2D eigenvalue weighted by Gasteiger charge is 2.16. The Kier molecular flexibility index (Phi) is 5.43. The van der Waals surface area contributed by atoms with Crippen molar-refractivity contribution in [3.05, 3.63) is 71.0 Å². The number of para-hydroxylation sites is 1. The number of hydrogen-bond acceptors (Lipinski definition) is 4. The molecule has 0 saturated heterocycles. The van der Waals surface area contributed by atoms with Crippen molar-refractivity contribution in [1.82, 2.24) is 9.78 Å². The van der Waals surface area contributed by atoms with Gasteiger partial charge in [-0.15, -0.1) is 0 Å². The molecule has 0 bridgehead atoms. The number of halogens is 1. The van der Waals surface area contributed by atoms with E-state index in [2.05, 4.69) is 10.4 Å². The molecule has 1 amide bonds. The molecule has 0 aliphatic heterocycles. The van der Waals surface area contributed by atoms with Gasteiger partial charge in [-0.3, -0.25) is 9.48 Å². The quantitative estimate of drug-likeness (QED) is 0.714. The zero-order chi connectivity index (χ0) is 18.5. The molecule has 1 aromatic heterocycles. The second kappa shape index (κ2) is 7.93. The van der Waals surface area contributed by atoms with Crippen LogP contribution < -0.4 is 14.8 Å². The van der Waals surface area contributed by atoms with Crippen LogP contribution in [-0.2, 0) is 6.54 Å². The Balaban J connectivity index is 1.86. The maximum Gasteiger partial charge on any atom is 0.255 e. The minimum atomic E-state index is -0.291. The van der Waals surface area contributed by atoms with Crippen LogP contribution in [0.2, 0.25) is 5.02 Å². The fourth-order valence-electron chi connectivity index (χ4n) is 2.59. The summed E-state index contributed by atoms with van der Waals surface area (Å²) in [5, 5.41) is 7.43. The van der Waals surface area contributed by atoms with Gasteiger partial charge in [-0.2, -0.15) is 5.10 Å². The van der Waals surface area contributed by atoms with Crippen LogP contribution in [0.25, 0.3) is 0 Å². The van der Waals surface area contributed by atoms with Gasteiger partial charge < -0.3 is 14.8 Å². The summed E-state index contributed by atoms with van der Waals surface area (Å²) in [4.78, 5) is 12.7. The van der Waals surface area contributed by atoms with Crippen molar-refractivity contribution in [2.24, 2.45) is 0 Å². The first-order chi connectivity index (χ1) is 12.6. The number of nitrogens with zero attached hydrogens (tertiary/aromatic N) is 2. The van der Waals surface area contributed by atoms with Crippen LogP contribution in [0.15, 0.2) is 54.9 Å². The lowest BCUT2D eigenvalue weighted by Crippen LogP contribution is -2.14. The summed E-state index contributed by atoms with van der Waals surface area (Å²) < 4.78 is 12.2. The molecular formula is C19H18ClN3O3. The monoisotopic (exact) mass is 371 g/mol.